The number of anilines is 1. The zero-order valence-corrected chi connectivity index (χ0v) is 16.3. The molecule has 27 heavy (non-hydrogen) atoms. The molecule has 2 aromatic rings. The van der Waals surface area contributed by atoms with Crippen LogP contribution < -0.4 is 4.90 Å². The van der Waals surface area contributed by atoms with E-state index in [0.717, 1.165) is 51.8 Å². The molecule has 0 N–H and O–H groups in total. The zero-order valence-electron chi connectivity index (χ0n) is 16.3. The minimum atomic E-state index is 0.446. The summed E-state index contributed by atoms with van der Waals surface area (Å²) >= 11 is 0. The van der Waals surface area contributed by atoms with Gasteiger partial charge in [-0.25, -0.2) is 9.97 Å². The first-order chi connectivity index (χ1) is 13.2. The molecule has 0 spiro atoms. The SMILES string of the molecule is CCn1ncc(CN2[C@H]3CC[C@H]2c2cnc(N4CCOCC4)nc2C3)c1C. The second kappa shape index (κ2) is 6.87. The minimum Gasteiger partial charge on any atom is -0.378 e. The van der Waals surface area contributed by atoms with Gasteiger partial charge < -0.3 is 9.64 Å². The highest BCUT2D eigenvalue weighted by Gasteiger charge is 2.41. The predicted molar refractivity (Wildman–Crippen MR) is 103 cm³/mol. The van der Waals surface area contributed by atoms with Crippen LogP contribution in [0.4, 0.5) is 5.95 Å². The third-order valence-electron chi connectivity index (χ3n) is 6.47. The number of hydrogen-bond donors (Lipinski definition) is 0. The van der Waals surface area contributed by atoms with E-state index in [4.69, 9.17) is 14.7 Å². The van der Waals surface area contributed by atoms with Gasteiger partial charge in [0.2, 0.25) is 5.95 Å². The third kappa shape index (κ3) is 2.93. The van der Waals surface area contributed by atoms with Crippen LogP contribution in [0, 0.1) is 6.92 Å². The highest BCUT2D eigenvalue weighted by atomic mass is 16.5. The topological polar surface area (TPSA) is 59.3 Å². The van der Waals surface area contributed by atoms with Crippen LogP contribution in [-0.4, -0.2) is 57.0 Å². The van der Waals surface area contributed by atoms with Crippen LogP contribution >= 0.6 is 0 Å². The molecule has 7 nitrogen and oxygen atoms in total. The molecule has 0 radical (unpaired) electrons. The van der Waals surface area contributed by atoms with E-state index in [-0.39, 0.29) is 0 Å². The molecule has 144 valence electrons. The van der Waals surface area contributed by atoms with E-state index in [2.05, 4.69) is 39.6 Å². The Balaban J connectivity index is 1.39. The van der Waals surface area contributed by atoms with E-state index in [1.54, 1.807) is 0 Å². The normalized spacial score (nSPS) is 25.0. The molecule has 2 saturated heterocycles. The summed E-state index contributed by atoms with van der Waals surface area (Å²) in [6, 6.07) is 1.03. The van der Waals surface area contributed by atoms with E-state index in [9.17, 15) is 0 Å². The molecule has 2 bridgehead atoms. The Morgan fingerprint density at radius 3 is 2.81 bits per heavy atom. The first kappa shape index (κ1) is 17.1. The van der Waals surface area contributed by atoms with Gasteiger partial charge in [0.25, 0.3) is 0 Å². The molecular weight excluding hydrogens is 340 g/mol. The number of ether oxygens (including phenoxy) is 1. The molecule has 0 unspecified atom stereocenters. The van der Waals surface area contributed by atoms with Gasteiger partial charge in [-0.2, -0.15) is 5.10 Å². The molecule has 5 rings (SSSR count). The summed E-state index contributed by atoms with van der Waals surface area (Å²) in [5.41, 5.74) is 5.24. The van der Waals surface area contributed by atoms with Gasteiger partial charge in [-0.15, -0.1) is 0 Å². The van der Waals surface area contributed by atoms with E-state index >= 15 is 0 Å². The van der Waals surface area contributed by atoms with Gasteiger partial charge in [0.15, 0.2) is 0 Å². The molecule has 3 aliphatic heterocycles. The maximum Gasteiger partial charge on any atom is 0.225 e. The van der Waals surface area contributed by atoms with Gasteiger partial charge in [-0.3, -0.25) is 9.58 Å². The van der Waals surface area contributed by atoms with Crippen molar-refractivity contribution in [3.8, 4) is 0 Å². The number of hydrogen-bond acceptors (Lipinski definition) is 6. The summed E-state index contributed by atoms with van der Waals surface area (Å²) in [4.78, 5) is 14.6. The fourth-order valence-electron chi connectivity index (χ4n) is 4.88. The molecule has 0 aliphatic carbocycles. The lowest BCUT2D eigenvalue weighted by Crippen LogP contribution is -2.40. The Morgan fingerprint density at radius 2 is 2.04 bits per heavy atom. The summed E-state index contributed by atoms with van der Waals surface area (Å²) in [6.45, 7) is 9.55. The maximum absolute atomic E-state index is 5.46. The van der Waals surface area contributed by atoms with Gasteiger partial charge in [0.1, 0.15) is 0 Å². The molecule has 3 aliphatic rings. The van der Waals surface area contributed by atoms with Gasteiger partial charge in [-0.05, 0) is 26.7 Å². The summed E-state index contributed by atoms with van der Waals surface area (Å²) in [5, 5.41) is 4.53. The van der Waals surface area contributed by atoms with Crippen LogP contribution in [0.25, 0.3) is 0 Å². The molecule has 2 atom stereocenters. The number of aromatic nitrogens is 4. The van der Waals surface area contributed by atoms with E-state index in [1.165, 1.54) is 35.4 Å². The van der Waals surface area contributed by atoms with Crippen molar-refractivity contribution in [2.45, 2.75) is 58.3 Å². The minimum absolute atomic E-state index is 0.446. The zero-order chi connectivity index (χ0) is 18.4. The smallest absolute Gasteiger partial charge is 0.225 e. The summed E-state index contributed by atoms with van der Waals surface area (Å²) in [7, 11) is 0. The Morgan fingerprint density at radius 1 is 1.19 bits per heavy atom. The molecule has 2 fully saturated rings. The largest absolute Gasteiger partial charge is 0.378 e. The number of morpholine rings is 1. The summed E-state index contributed by atoms with van der Waals surface area (Å²) < 4.78 is 7.55. The summed E-state index contributed by atoms with van der Waals surface area (Å²) in [5.74, 6) is 0.880. The van der Waals surface area contributed by atoms with Crippen LogP contribution in [0.2, 0.25) is 0 Å². The lowest BCUT2D eigenvalue weighted by Gasteiger charge is -2.36. The molecule has 2 aromatic heterocycles. The van der Waals surface area contributed by atoms with Crippen molar-refractivity contribution in [3.05, 3.63) is 34.9 Å². The standard InChI is InChI=1S/C20H28N6O/c1-3-26-14(2)15(11-22-26)13-25-16-4-5-19(25)17-12-21-20(23-18(17)10-16)24-6-8-27-9-7-24/h11-12,16,19H,3-10,13H2,1-2H3/t16-,19-/m0/s1. The lowest BCUT2D eigenvalue weighted by atomic mass is 9.98. The Hall–Kier alpha value is -1.99. The van der Waals surface area contributed by atoms with Crippen LogP contribution in [0.5, 0.6) is 0 Å². The molecule has 0 aromatic carbocycles. The van der Waals surface area contributed by atoms with Crippen molar-refractivity contribution >= 4 is 5.95 Å². The van der Waals surface area contributed by atoms with E-state index in [0.29, 0.717) is 12.1 Å². The predicted octanol–water partition coefficient (Wildman–Crippen LogP) is 2.10. The van der Waals surface area contributed by atoms with Crippen molar-refractivity contribution in [3.63, 3.8) is 0 Å². The Bertz CT molecular complexity index is 828. The number of fused-ring (bicyclic) bond motifs is 4. The van der Waals surface area contributed by atoms with Crippen LogP contribution in [0.15, 0.2) is 12.4 Å². The molecule has 5 heterocycles. The molecule has 0 saturated carbocycles. The quantitative estimate of drug-likeness (QED) is 0.824. The average molecular weight is 368 g/mol. The van der Waals surface area contributed by atoms with Gasteiger partial charge in [0.05, 0.1) is 25.1 Å². The Labute approximate surface area is 160 Å². The van der Waals surface area contributed by atoms with E-state index in [1.807, 2.05) is 6.20 Å². The molecule has 7 heteroatoms. The van der Waals surface area contributed by atoms with Gasteiger partial charge in [0, 0.05) is 67.7 Å². The lowest BCUT2D eigenvalue weighted by molar-refractivity contribution is 0.122. The maximum atomic E-state index is 5.46. The average Bonchev–Trinajstić information content (AvgIpc) is 3.20. The van der Waals surface area contributed by atoms with Crippen molar-refractivity contribution < 1.29 is 4.74 Å². The second-order valence-electron chi connectivity index (χ2n) is 7.87. The van der Waals surface area contributed by atoms with Crippen molar-refractivity contribution in [2.75, 3.05) is 31.2 Å². The molecule has 0 amide bonds. The van der Waals surface area contributed by atoms with Crippen LogP contribution in [-0.2, 0) is 24.2 Å². The first-order valence-electron chi connectivity index (χ1n) is 10.2. The van der Waals surface area contributed by atoms with E-state index < -0.39 is 0 Å². The van der Waals surface area contributed by atoms with Gasteiger partial charge >= 0.3 is 0 Å². The third-order valence-corrected chi connectivity index (χ3v) is 6.47. The fourth-order valence-corrected chi connectivity index (χ4v) is 4.88. The van der Waals surface area contributed by atoms with Gasteiger partial charge in [-0.1, -0.05) is 0 Å². The fraction of sp³-hybridized carbons (Fsp3) is 0.650. The first-order valence-corrected chi connectivity index (χ1v) is 10.2. The van der Waals surface area contributed by atoms with Crippen LogP contribution in [0.1, 0.15) is 48.3 Å². The highest BCUT2D eigenvalue weighted by molar-refractivity contribution is 5.37. The highest BCUT2D eigenvalue weighted by Crippen LogP contribution is 2.44. The van der Waals surface area contributed by atoms with Crippen molar-refractivity contribution in [1.29, 1.82) is 0 Å². The number of aryl methyl sites for hydroxylation is 1. The monoisotopic (exact) mass is 368 g/mol. The van der Waals surface area contributed by atoms with Crippen molar-refractivity contribution in [1.82, 2.24) is 24.6 Å². The molecular formula is C20H28N6O. The number of nitrogens with zero attached hydrogens (tertiary/aromatic N) is 6. The Kier molecular flexibility index (Phi) is 4.36. The van der Waals surface area contributed by atoms with Crippen molar-refractivity contribution in [2.24, 2.45) is 0 Å². The second-order valence-corrected chi connectivity index (χ2v) is 7.87. The summed E-state index contributed by atoms with van der Waals surface area (Å²) in [6.07, 6.45) is 7.63. The number of rotatable bonds is 4. The van der Waals surface area contributed by atoms with Crippen LogP contribution in [0.3, 0.4) is 0 Å².